The van der Waals surface area contributed by atoms with Gasteiger partial charge in [-0.25, -0.2) is 0 Å². The average Bonchev–Trinajstić information content (AvgIpc) is 3.10. The molecule has 2 aromatic rings. The molecule has 0 amide bonds. The van der Waals surface area contributed by atoms with E-state index in [0.717, 1.165) is 26.2 Å². The average molecular weight is 706 g/mol. The molecule has 292 valence electrons. The molecular formula is C48H87N3+2. The Balaban J connectivity index is 1.62. The normalized spacial score (nSPS) is 11.6. The second kappa shape index (κ2) is 30.7. The summed E-state index contributed by atoms with van der Waals surface area (Å²) in [7, 11) is 0. The zero-order chi connectivity index (χ0) is 36.8. The highest BCUT2D eigenvalue weighted by Crippen LogP contribution is 2.15. The van der Waals surface area contributed by atoms with Crippen LogP contribution in [0.5, 0.6) is 0 Å². The number of hydrogen-bond donors (Lipinski definition) is 1. The molecule has 0 unspecified atom stereocenters. The Morgan fingerprint density at radius 2 is 0.667 bits per heavy atom. The minimum Gasteiger partial charge on any atom is -0.316 e. The van der Waals surface area contributed by atoms with Crippen LogP contribution in [-0.2, 0) is 25.9 Å². The summed E-state index contributed by atoms with van der Waals surface area (Å²) in [5.41, 5.74) is 8.78. The van der Waals surface area contributed by atoms with Gasteiger partial charge in [-0.05, 0) is 37.8 Å². The van der Waals surface area contributed by atoms with E-state index in [1.807, 2.05) is 0 Å². The lowest BCUT2D eigenvalue weighted by molar-refractivity contribution is -0.710. The highest BCUT2D eigenvalue weighted by molar-refractivity contribution is 5.15. The second-order valence-corrected chi connectivity index (χ2v) is 16.4. The Bertz CT molecular complexity index is 1030. The summed E-state index contributed by atoms with van der Waals surface area (Å²) >= 11 is 0. The van der Waals surface area contributed by atoms with Crippen LogP contribution < -0.4 is 14.5 Å². The van der Waals surface area contributed by atoms with Gasteiger partial charge >= 0.3 is 0 Å². The van der Waals surface area contributed by atoms with E-state index in [1.54, 1.807) is 11.4 Å². The van der Waals surface area contributed by atoms with Crippen LogP contribution in [0.3, 0.4) is 0 Å². The zero-order valence-electron chi connectivity index (χ0n) is 35.3. The van der Waals surface area contributed by atoms with Crippen LogP contribution in [0.2, 0.25) is 0 Å². The van der Waals surface area contributed by atoms with E-state index >= 15 is 0 Å². The number of pyridine rings is 2. The number of nitrogens with zero attached hydrogens (tertiary/aromatic N) is 2. The zero-order valence-corrected chi connectivity index (χ0v) is 35.3. The standard InChI is InChI=1S/C48H87N3/c1-7-9-11-13-15-17-19-21-23-25-27-29-33-47-41-43(3)39-45(5)50(47)37-31-35-49-36-32-38-51-46(6)40-44(4)42-48(51)34-30-28-26-24-22-20-18-16-14-12-10-8-2/h39-42,49H,7-38H2,1-6H3/q+2. The molecule has 2 aromatic heterocycles. The fraction of sp³-hybridized carbons (Fsp3) is 0.792. The smallest absolute Gasteiger partial charge is 0.181 e. The summed E-state index contributed by atoms with van der Waals surface area (Å²) in [6.45, 7) is 18.2. The summed E-state index contributed by atoms with van der Waals surface area (Å²) in [6, 6.07) is 9.65. The van der Waals surface area contributed by atoms with Crippen LogP contribution in [-0.4, -0.2) is 13.1 Å². The van der Waals surface area contributed by atoms with Crippen molar-refractivity contribution in [1.82, 2.24) is 5.32 Å². The van der Waals surface area contributed by atoms with Crippen LogP contribution >= 0.6 is 0 Å². The van der Waals surface area contributed by atoms with E-state index in [4.69, 9.17) is 0 Å². The monoisotopic (exact) mass is 706 g/mol. The van der Waals surface area contributed by atoms with Gasteiger partial charge in [-0.15, -0.1) is 0 Å². The van der Waals surface area contributed by atoms with Crippen molar-refractivity contribution in [3.63, 3.8) is 0 Å². The van der Waals surface area contributed by atoms with Gasteiger partial charge in [0.05, 0.1) is 0 Å². The van der Waals surface area contributed by atoms with E-state index in [2.05, 4.69) is 80.3 Å². The van der Waals surface area contributed by atoms with E-state index in [0.29, 0.717) is 0 Å². The van der Waals surface area contributed by atoms with Crippen molar-refractivity contribution in [2.75, 3.05) is 13.1 Å². The first kappa shape index (κ1) is 45.4. The number of unbranched alkanes of at least 4 members (excludes halogenated alkanes) is 22. The van der Waals surface area contributed by atoms with Gasteiger partial charge in [0.25, 0.3) is 0 Å². The second-order valence-electron chi connectivity index (χ2n) is 16.4. The lowest BCUT2D eigenvalue weighted by atomic mass is 10.0. The quantitative estimate of drug-likeness (QED) is 0.0567. The van der Waals surface area contributed by atoms with Crippen molar-refractivity contribution in [3.05, 3.63) is 58.2 Å². The first-order chi connectivity index (χ1) is 25.0. The van der Waals surface area contributed by atoms with E-state index in [1.165, 1.54) is 202 Å². The first-order valence-corrected chi connectivity index (χ1v) is 22.7. The van der Waals surface area contributed by atoms with Gasteiger partial charge in [-0.1, -0.05) is 155 Å². The molecule has 0 aliphatic carbocycles. The molecule has 0 fully saturated rings. The van der Waals surface area contributed by atoms with Crippen molar-refractivity contribution in [1.29, 1.82) is 0 Å². The van der Waals surface area contributed by atoms with Gasteiger partial charge < -0.3 is 5.32 Å². The minimum absolute atomic E-state index is 1.10. The Kier molecular flexibility index (Phi) is 27.3. The molecule has 0 atom stereocenters. The predicted molar refractivity (Wildman–Crippen MR) is 224 cm³/mol. The fourth-order valence-corrected chi connectivity index (χ4v) is 8.23. The molecule has 0 bridgehead atoms. The molecule has 3 heteroatoms. The Morgan fingerprint density at radius 1 is 0.373 bits per heavy atom. The molecule has 2 heterocycles. The van der Waals surface area contributed by atoms with Crippen molar-refractivity contribution < 1.29 is 9.13 Å². The molecule has 51 heavy (non-hydrogen) atoms. The van der Waals surface area contributed by atoms with Crippen molar-refractivity contribution in [3.8, 4) is 0 Å². The van der Waals surface area contributed by atoms with Gasteiger partial charge in [-0.2, -0.15) is 9.13 Å². The third-order valence-electron chi connectivity index (χ3n) is 11.3. The van der Waals surface area contributed by atoms with Crippen LogP contribution in [0.1, 0.15) is 215 Å². The molecule has 0 aliphatic rings. The summed E-state index contributed by atoms with van der Waals surface area (Å²) in [4.78, 5) is 0. The number of aryl methyl sites for hydroxylation is 6. The lowest BCUT2D eigenvalue weighted by Gasteiger charge is -2.10. The predicted octanol–water partition coefficient (Wildman–Crippen LogP) is 13.1. The van der Waals surface area contributed by atoms with Gasteiger partial charge in [-0.3, -0.25) is 0 Å². The molecule has 0 saturated heterocycles. The SMILES string of the molecule is CCCCCCCCCCCCCCc1cc(C)cc(C)[n+]1CCCNCCC[n+]1c(C)cc(C)cc1CCCCCCCCCCCCCC. The molecule has 0 aromatic carbocycles. The fourth-order valence-electron chi connectivity index (χ4n) is 8.23. The molecule has 1 N–H and O–H groups in total. The van der Waals surface area contributed by atoms with Crippen LogP contribution in [0, 0.1) is 27.7 Å². The highest BCUT2D eigenvalue weighted by Gasteiger charge is 2.16. The third kappa shape index (κ3) is 22.2. The van der Waals surface area contributed by atoms with Crippen molar-refractivity contribution >= 4 is 0 Å². The molecular weight excluding hydrogens is 619 g/mol. The van der Waals surface area contributed by atoms with Gasteiger partial charge in [0, 0.05) is 76.9 Å². The number of nitrogens with one attached hydrogen (secondary N) is 1. The maximum atomic E-state index is 3.79. The molecule has 0 spiro atoms. The third-order valence-corrected chi connectivity index (χ3v) is 11.3. The van der Waals surface area contributed by atoms with Crippen LogP contribution in [0.15, 0.2) is 24.3 Å². The van der Waals surface area contributed by atoms with Gasteiger partial charge in [0.2, 0.25) is 0 Å². The number of aromatic nitrogens is 2. The van der Waals surface area contributed by atoms with Crippen LogP contribution in [0.4, 0.5) is 0 Å². The molecule has 0 aliphatic heterocycles. The van der Waals surface area contributed by atoms with E-state index in [-0.39, 0.29) is 0 Å². The molecule has 3 nitrogen and oxygen atoms in total. The topological polar surface area (TPSA) is 19.8 Å². The summed E-state index contributed by atoms with van der Waals surface area (Å²) in [6.07, 6.45) is 38.9. The number of hydrogen-bond acceptors (Lipinski definition) is 1. The largest absolute Gasteiger partial charge is 0.316 e. The first-order valence-electron chi connectivity index (χ1n) is 22.7. The Labute approximate surface area is 319 Å². The van der Waals surface area contributed by atoms with Crippen molar-refractivity contribution in [2.45, 2.75) is 234 Å². The lowest BCUT2D eigenvalue weighted by Crippen LogP contribution is -2.43. The molecule has 0 saturated carbocycles. The highest BCUT2D eigenvalue weighted by atomic mass is 15.0. The van der Waals surface area contributed by atoms with E-state index in [9.17, 15) is 0 Å². The maximum Gasteiger partial charge on any atom is 0.181 e. The summed E-state index contributed by atoms with van der Waals surface area (Å²) < 4.78 is 5.22. The summed E-state index contributed by atoms with van der Waals surface area (Å²) in [5.74, 6) is 0. The van der Waals surface area contributed by atoms with Gasteiger partial charge in [0.15, 0.2) is 22.8 Å². The van der Waals surface area contributed by atoms with Crippen LogP contribution in [0.25, 0.3) is 0 Å². The maximum absolute atomic E-state index is 3.79. The minimum atomic E-state index is 1.10. The van der Waals surface area contributed by atoms with Gasteiger partial charge in [0.1, 0.15) is 13.1 Å². The Hall–Kier alpha value is -1.74. The number of rotatable bonds is 34. The summed E-state index contributed by atoms with van der Waals surface area (Å²) in [5, 5.41) is 3.79. The molecule has 2 rings (SSSR count). The Morgan fingerprint density at radius 3 is 0.980 bits per heavy atom. The van der Waals surface area contributed by atoms with Crippen molar-refractivity contribution in [2.24, 2.45) is 0 Å². The molecule has 0 radical (unpaired) electrons. The van der Waals surface area contributed by atoms with E-state index < -0.39 is 0 Å².